The number of anilines is 6. The van der Waals surface area contributed by atoms with Crippen LogP contribution in [0.1, 0.15) is 97.5 Å². The minimum Gasteiger partial charge on any atom is -0.478 e. The van der Waals surface area contributed by atoms with E-state index >= 15 is 0 Å². The van der Waals surface area contributed by atoms with Crippen molar-refractivity contribution in [3.8, 4) is 20.9 Å². The second kappa shape index (κ2) is 51.6. The normalized spacial score (nSPS) is 10.8. The van der Waals surface area contributed by atoms with Gasteiger partial charge in [0.25, 0.3) is 0 Å². The van der Waals surface area contributed by atoms with Crippen LogP contribution in [-0.4, -0.2) is 221 Å². The number of benzene rings is 7. The Balaban J connectivity index is 0.000000187. The molecule has 131 heavy (non-hydrogen) atoms. The van der Waals surface area contributed by atoms with Crippen molar-refractivity contribution in [1.82, 2.24) is 30.2 Å². The van der Waals surface area contributed by atoms with Gasteiger partial charge >= 0.3 is 24.0 Å². The molecule has 0 aliphatic rings. The number of carbonyl (C=O) groups excluding carboxylic acids is 5. The highest BCUT2D eigenvalue weighted by Gasteiger charge is 2.22. The number of pyridine rings is 5. The van der Waals surface area contributed by atoms with Crippen molar-refractivity contribution < 1.29 is 71.8 Å². The number of methoxy groups -OCH3 is 5. The average molecular weight is 1880 g/mol. The fourth-order valence-corrected chi connectivity index (χ4v) is 14.8. The predicted molar refractivity (Wildman–Crippen MR) is 532 cm³/mol. The Bertz CT molecular complexity index is 6120. The summed E-state index contributed by atoms with van der Waals surface area (Å²) in [5.74, 6) is -1.72. The first-order valence-corrected chi connectivity index (χ1v) is 44.9. The molecule has 0 saturated carbocycles. The van der Waals surface area contributed by atoms with Gasteiger partial charge in [0.05, 0.1) is 90.5 Å². The number of halogens is 1. The largest absolute Gasteiger partial charge is 0.478 e. The van der Waals surface area contributed by atoms with Crippen molar-refractivity contribution in [3.05, 3.63) is 267 Å². The molecule has 0 unspecified atom stereocenters. The van der Waals surface area contributed by atoms with Gasteiger partial charge in [-0.25, -0.2) is 19.2 Å². The van der Waals surface area contributed by atoms with E-state index in [0.717, 1.165) is 148 Å². The summed E-state index contributed by atoms with van der Waals surface area (Å²) in [6.07, 6.45) is 7.53. The third-order valence-corrected chi connectivity index (χ3v) is 22.6. The molecule has 14 aromatic rings. The van der Waals surface area contributed by atoms with E-state index < -0.39 is 17.7 Å². The zero-order chi connectivity index (χ0) is 94.5. The van der Waals surface area contributed by atoms with Gasteiger partial charge < -0.3 is 73.7 Å². The second-order valence-corrected chi connectivity index (χ2v) is 33.8. The topological polar surface area (TPSA) is 324 Å². The van der Waals surface area contributed by atoms with E-state index in [-0.39, 0.29) is 41.9 Å². The van der Waals surface area contributed by atoms with Crippen molar-refractivity contribution in [1.29, 1.82) is 0 Å². The molecule has 5 N–H and O–H groups in total. The molecule has 0 aliphatic heterocycles. The van der Waals surface area contributed by atoms with E-state index in [1.165, 1.54) is 12.4 Å². The number of nitrogens with one attached hydrogen (secondary N) is 2. The van der Waals surface area contributed by atoms with Crippen LogP contribution in [0, 0.1) is 0 Å². The fourth-order valence-electron chi connectivity index (χ4n) is 13.0. The Morgan fingerprint density at radius 3 is 1.15 bits per heavy atom. The van der Waals surface area contributed by atoms with Crippen LogP contribution in [0.3, 0.4) is 0 Å². The van der Waals surface area contributed by atoms with Crippen molar-refractivity contribution in [3.63, 3.8) is 0 Å². The number of nitrogens with zero attached hydrogens (tertiary/aromatic N) is 9. The number of carbonyl (C=O) groups is 6. The number of aromatic nitrogens is 5. The summed E-state index contributed by atoms with van der Waals surface area (Å²) in [7, 11) is 18.3. The molecule has 27 nitrogen and oxygen atoms in total. The summed E-state index contributed by atoms with van der Waals surface area (Å²) in [6, 6.07) is 58.2. The number of Topliss-reactive ketones (excluding diaryl/α,β-unsaturated/α-hetero) is 2. The van der Waals surface area contributed by atoms with Gasteiger partial charge in [-0.3, -0.25) is 39.8 Å². The first-order valence-electron chi connectivity index (χ1n) is 42.4. The maximum absolute atomic E-state index is 13.4. The van der Waals surface area contributed by atoms with Crippen LogP contribution in [0.15, 0.2) is 228 Å². The lowest BCUT2D eigenvalue weighted by Crippen LogP contribution is -2.27. The van der Waals surface area contributed by atoms with Crippen LogP contribution < -0.4 is 36.0 Å². The molecule has 0 atom stereocenters. The summed E-state index contributed by atoms with van der Waals surface area (Å²) < 4.78 is 41.4. The number of esters is 2. The highest BCUT2D eigenvalue weighted by atomic mass is 79.9. The molecular weight excluding hydrogens is 1770 g/mol. The van der Waals surface area contributed by atoms with Gasteiger partial charge in [0.1, 0.15) is 5.60 Å². The van der Waals surface area contributed by atoms with Crippen LogP contribution in [0.25, 0.3) is 75.4 Å². The van der Waals surface area contributed by atoms with Gasteiger partial charge in [-0.2, -0.15) is 0 Å². The quantitative estimate of drug-likeness (QED) is 0.00976. The van der Waals surface area contributed by atoms with E-state index in [9.17, 15) is 28.8 Å². The monoisotopic (exact) mass is 1880 g/mol. The number of nitrogen functional groups attached to an aromatic ring is 1. The molecule has 0 spiro atoms. The van der Waals surface area contributed by atoms with E-state index in [0.29, 0.717) is 78.8 Å². The Morgan fingerprint density at radius 1 is 0.435 bits per heavy atom. The molecule has 0 bridgehead atoms. The number of rotatable bonds is 33. The average Bonchev–Trinajstić information content (AvgIpc) is 1.55. The summed E-state index contributed by atoms with van der Waals surface area (Å²) in [6.45, 7) is 17.2. The number of hydrogen-bond acceptors (Lipinski definition) is 27. The van der Waals surface area contributed by atoms with Crippen molar-refractivity contribution >= 4 is 163 Å². The molecule has 7 aromatic carbocycles. The molecule has 0 saturated heterocycles. The number of likely N-dealkylation sites (N-methyl/N-ethyl adjacent to an activating group) is 5. The molecule has 0 radical (unpaired) electrons. The van der Waals surface area contributed by atoms with Gasteiger partial charge in [-0.15, -0.1) is 22.7 Å². The number of fused-ring (bicyclic) bond motifs is 5. The van der Waals surface area contributed by atoms with E-state index in [1.807, 2.05) is 224 Å². The smallest absolute Gasteiger partial charge is 0.412 e. The first kappa shape index (κ1) is 102. The van der Waals surface area contributed by atoms with Gasteiger partial charge in [0, 0.05) is 227 Å². The molecule has 7 aromatic heterocycles. The number of ether oxygens (including phenoxy) is 8. The molecule has 14 rings (SSSR count). The van der Waals surface area contributed by atoms with Crippen molar-refractivity contribution in [2.75, 3.05) is 180 Å². The SMILES string of the molecule is CCOC(=O)c1cnc2cc(Br)ccc2c1.CCOC(=O)c1cnc2cc(N(C)CCOC)ccc2c1.CNCCOC.COCCN(C)c1ccc2cc(C(=O)Cc3cc(-c4cccs4)ccc3N)cnc2c1.COCCN(C)c1ccc2cc(C(=O)Cc3cc(-c4cccs4)ccc3NC(=O)OC(C)(C)C)cnc2c1.COCCN(C)c1ccc2cc(C(=O)O)cnc2c1. The lowest BCUT2D eigenvalue weighted by Gasteiger charge is -2.20. The summed E-state index contributed by atoms with van der Waals surface area (Å²) >= 11 is 6.66. The first-order chi connectivity index (χ1) is 63.1. The number of amides is 1. The van der Waals surface area contributed by atoms with Gasteiger partial charge in [-0.05, 0) is 202 Å². The standard InChI is InChI=1S/C30H33N3O4S.C25H25N3O2S.C16H20N2O3.C14H16N2O3.C12H10BrNO2.C4H11NO/c1-30(2,3)37-29(35)32-25-11-9-21(28-7-6-14-38-28)16-22(25)17-27(34)23-15-20-8-10-24(18-26(20)31-19-23)33(4)12-13-36-5;1-28(9-10-30-2)21-7-5-17-12-20(16-27-23(17)15-21)24(29)14-19-13-18(6-8-22(19)26)25-4-3-11-31-25;1-4-21-16(19)13-9-12-5-6-14(10-15(12)17-11-13)18(2)7-8-20-3;1-16(5-6-19-2)12-4-3-10-7-11(14(17)18)9-15-13(10)8-12;1-2-16-12(15)9-5-8-3-4-10(13)6-11(8)14-7-9;1-5-3-4-6-2/h6-11,14-16,18-19H,12-13,17H2,1-5H3,(H,32,35);3-8,11-13,15-16H,9-10,14,26H2,1-2H3;5-6,9-11H,4,7-8H2,1-3H3;3-4,7-9H,5-6H2,1-2H3,(H,17,18);3-7H,2H2,1H3;5H,3-4H2,1-2H3. The number of nitrogens with two attached hydrogens (primary N) is 1. The van der Waals surface area contributed by atoms with Gasteiger partial charge in [-0.1, -0.05) is 70.5 Å². The maximum atomic E-state index is 13.4. The van der Waals surface area contributed by atoms with Crippen LogP contribution in [0.5, 0.6) is 0 Å². The van der Waals surface area contributed by atoms with Crippen molar-refractivity contribution in [2.45, 2.75) is 53.1 Å². The Kier molecular flexibility index (Phi) is 40.2. The summed E-state index contributed by atoms with van der Waals surface area (Å²) in [5.41, 5.74) is 20.9. The molecule has 7 heterocycles. The van der Waals surface area contributed by atoms with Crippen LogP contribution in [0.4, 0.5) is 38.9 Å². The van der Waals surface area contributed by atoms with Gasteiger partial charge in [0.2, 0.25) is 0 Å². The number of carboxylic acid groups (broad SMARTS) is 1. The number of hydrogen-bond donors (Lipinski definition) is 4. The van der Waals surface area contributed by atoms with Crippen LogP contribution in [-0.2, 0) is 50.7 Å². The van der Waals surface area contributed by atoms with Gasteiger partial charge in [0.15, 0.2) is 11.6 Å². The Labute approximate surface area is 781 Å². The highest BCUT2D eigenvalue weighted by molar-refractivity contribution is 9.10. The maximum Gasteiger partial charge on any atom is 0.412 e. The summed E-state index contributed by atoms with van der Waals surface area (Å²) in [5, 5.41) is 23.2. The van der Waals surface area contributed by atoms with Crippen LogP contribution in [0.2, 0.25) is 0 Å². The third-order valence-electron chi connectivity index (χ3n) is 20.3. The van der Waals surface area contributed by atoms with E-state index in [2.05, 4.69) is 77.1 Å². The zero-order valence-electron chi connectivity index (χ0n) is 76.7. The molecule has 30 heteroatoms. The van der Waals surface area contributed by atoms with Crippen LogP contribution >= 0.6 is 38.6 Å². The minimum absolute atomic E-state index is 0.00530. The molecule has 0 fully saturated rings. The number of thiophene rings is 2. The van der Waals surface area contributed by atoms with Crippen molar-refractivity contribution in [2.24, 2.45) is 0 Å². The summed E-state index contributed by atoms with van der Waals surface area (Å²) in [4.78, 5) is 105. The lowest BCUT2D eigenvalue weighted by atomic mass is 9.99. The van der Waals surface area contributed by atoms with E-state index in [1.54, 1.807) is 109 Å². The molecule has 1 amide bonds. The Morgan fingerprint density at radius 2 is 0.786 bits per heavy atom. The number of ketones is 2. The minimum atomic E-state index is -0.962. The molecule has 0 aliphatic carbocycles. The molecule has 688 valence electrons. The zero-order valence-corrected chi connectivity index (χ0v) is 79.9. The number of carboxylic acids is 1. The third kappa shape index (κ3) is 31.2. The molecular formula is C101H115BrN12O15S2. The lowest BCUT2D eigenvalue weighted by molar-refractivity contribution is 0.0516. The van der Waals surface area contributed by atoms with E-state index in [4.69, 9.17) is 48.7 Å². The highest BCUT2D eigenvalue weighted by Crippen LogP contribution is 2.34. The number of aromatic carboxylic acids is 1. The predicted octanol–water partition coefficient (Wildman–Crippen LogP) is 19.4. The second-order valence-electron chi connectivity index (χ2n) is 31.0. The Hall–Kier alpha value is -12.8. The fraction of sp³-hybridized carbons (Fsp3) is 0.297.